The van der Waals surface area contributed by atoms with E-state index in [4.69, 9.17) is 27.9 Å². The van der Waals surface area contributed by atoms with E-state index in [9.17, 15) is 0 Å². The number of rotatable bonds is 6. The quantitative estimate of drug-likeness (QED) is 0.581. The molecule has 2 aromatic carbocycles. The Hall–Kier alpha value is -2.50. The fraction of sp³-hybridized carbons (Fsp3) is 0.111. The molecule has 7 heteroatoms. The highest BCUT2D eigenvalue weighted by atomic mass is 35.5. The van der Waals surface area contributed by atoms with Crippen LogP contribution in [-0.2, 0) is 0 Å². The summed E-state index contributed by atoms with van der Waals surface area (Å²) < 4.78 is 5.61. The molecule has 0 saturated heterocycles. The standard InChI is InChI=1S/C18H16Cl2N4O/c1-2-25-15-9-4-3-8-14(15)22-16-10-11-21-18(23-16)24-17-12(19)6-5-7-13(17)20/h3-11H,2H2,1H3,(H2,21,22,23,24). The molecule has 0 aliphatic carbocycles. The predicted octanol–water partition coefficient (Wildman–Crippen LogP) is 5.67. The number of nitrogens with zero attached hydrogens (tertiary/aromatic N) is 2. The third-order valence-electron chi connectivity index (χ3n) is 3.30. The highest BCUT2D eigenvalue weighted by molar-refractivity contribution is 6.39. The topological polar surface area (TPSA) is 59.1 Å². The van der Waals surface area contributed by atoms with E-state index in [1.165, 1.54) is 0 Å². The minimum atomic E-state index is 0.383. The van der Waals surface area contributed by atoms with Crippen molar-refractivity contribution in [2.24, 2.45) is 0 Å². The summed E-state index contributed by atoms with van der Waals surface area (Å²) in [6.07, 6.45) is 1.64. The fourth-order valence-electron chi connectivity index (χ4n) is 2.21. The maximum atomic E-state index is 6.17. The summed E-state index contributed by atoms with van der Waals surface area (Å²) in [4.78, 5) is 8.65. The summed E-state index contributed by atoms with van der Waals surface area (Å²) in [7, 11) is 0. The summed E-state index contributed by atoms with van der Waals surface area (Å²) in [5, 5.41) is 7.27. The van der Waals surface area contributed by atoms with Gasteiger partial charge in [-0.25, -0.2) is 4.98 Å². The van der Waals surface area contributed by atoms with E-state index in [0.717, 1.165) is 11.4 Å². The lowest BCUT2D eigenvalue weighted by Crippen LogP contribution is -2.02. The molecule has 0 amide bonds. The van der Waals surface area contributed by atoms with E-state index in [-0.39, 0.29) is 0 Å². The van der Waals surface area contributed by atoms with E-state index in [1.807, 2.05) is 31.2 Å². The first-order valence-electron chi connectivity index (χ1n) is 7.70. The van der Waals surface area contributed by atoms with Crippen LogP contribution in [0.3, 0.4) is 0 Å². The molecule has 0 unspecified atom stereocenters. The zero-order valence-electron chi connectivity index (χ0n) is 13.5. The average molecular weight is 375 g/mol. The lowest BCUT2D eigenvalue weighted by molar-refractivity contribution is 0.342. The number of hydrogen-bond acceptors (Lipinski definition) is 5. The predicted molar refractivity (Wildman–Crippen MR) is 103 cm³/mol. The van der Waals surface area contributed by atoms with E-state index in [2.05, 4.69) is 20.6 Å². The summed E-state index contributed by atoms with van der Waals surface area (Å²) in [6.45, 7) is 2.52. The van der Waals surface area contributed by atoms with Gasteiger partial charge < -0.3 is 15.4 Å². The third kappa shape index (κ3) is 4.32. The molecule has 0 bridgehead atoms. The summed E-state index contributed by atoms with van der Waals surface area (Å²) in [6, 6.07) is 14.7. The zero-order valence-corrected chi connectivity index (χ0v) is 15.0. The van der Waals surface area contributed by atoms with Crippen LogP contribution in [0, 0.1) is 0 Å². The molecule has 0 fully saturated rings. The second kappa shape index (κ2) is 8.05. The normalized spacial score (nSPS) is 10.4. The minimum Gasteiger partial charge on any atom is -0.492 e. The molecular formula is C18H16Cl2N4O. The van der Waals surface area contributed by atoms with Crippen LogP contribution >= 0.6 is 23.2 Å². The number of para-hydroxylation sites is 3. The molecule has 3 rings (SSSR count). The van der Waals surface area contributed by atoms with Gasteiger partial charge in [-0.3, -0.25) is 0 Å². The van der Waals surface area contributed by atoms with Crippen molar-refractivity contribution in [3.05, 3.63) is 64.8 Å². The molecule has 0 saturated carbocycles. The van der Waals surface area contributed by atoms with Crippen molar-refractivity contribution in [3.8, 4) is 5.75 Å². The number of benzene rings is 2. The first-order valence-corrected chi connectivity index (χ1v) is 8.46. The largest absolute Gasteiger partial charge is 0.492 e. The van der Waals surface area contributed by atoms with Gasteiger partial charge in [0.05, 0.1) is 28.0 Å². The van der Waals surface area contributed by atoms with Crippen molar-refractivity contribution in [1.29, 1.82) is 0 Å². The molecule has 0 spiro atoms. The molecular weight excluding hydrogens is 359 g/mol. The molecule has 128 valence electrons. The Balaban J connectivity index is 1.83. The average Bonchev–Trinajstić information content (AvgIpc) is 2.61. The van der Waals surface area contributed by atoms with Gasteiger partial charge in [-0.1, -0.05) is 41.4 Å². The lowest BCUT2D eigenvalue weighted by Gasteiger charge is -2.13. The molecule has 1 aromatic heterocycles. The summed E-state index contributed by atoms with van der Waals surface area (Å²) in [5.74, 6) is 1.76. The second-order valence-electron chi connectivity index (χ2n) is 5.04. The molecule has 1 heterocycles. The van der Waals surface area contributed by atoms with Crippen molar-refractivity contribution >= 4 is 46.3 Å². The van der Waals surface area contributed by atoms with E-state index in [1.54, 1.807) is 30.5 Å². The SMILES string of the molecule is CCOc1ccccc1Nc1ccnc(Nc2c(Cl)cccc2Cl)n1. The number of nitrogens with one attached hydrogen (secondary N) is 2. The van der Waals surface area contributed by atoms with Gasteiger partial charge in [-0.05, 0) is 37.3 Å². The van der Waals surface area contributed by atoms with Crippen molar-refractivity contribution in [2.75, 3.05) is 17.2 Å². The molecule has 25 heavy (non-hydrogen) atoms. The van der Waals surface area contributed by atoms with Crippen LogP contribution in [-0.4, -0.2) is 16.6 Å². The van der Waals surface area contributed by atoms with E-state index < -0.39 is 0 Å². The van der Waals surface area contributed by atoms with Crippen LogP contribution in [0.15, 0.2) is 54.7 Å². The number of halogens is 2. The Morgan fingerprint density at radius 2 is 1.72 bits per heavy atom. The zero-order chi connectivity index (χ0) is 17.6. The van der Waals surface area contributed by atoms with Gasteiger partial charge in [0.1, 0.15) is 11.6 Å². The van der Waals surface area contributed by atoms with Gasteiger partial charge >= 0.3 is 0 Å². The van der Waals surface area contributed by atoms with Crippen molar-refractivity contribution in [3.63, 3.8) is 0 Å². The van der Waals surface area contributed by atoms with Gasteiger partial charge in [0.2, 0.25) is 5.95 Å². The van der Waals surface area contributed by atoms with Crippen LogP contribution in [0.2, 0.25) is 10.0 Å². The molecule has 0 atom stereocenters. The van der Waals surface area contributed by atoms with Gasteiger partial charge in [0.25, 0.3) is 0 Å². The first-order chi connectivity index (χ1) is 12.2. The highest BCUT2D eigenvalue weighted by Crippen LogP contribution is 2.32. The maximum absolute atomic E-state index is 6.17. The van der Waals surface area contributed by atoms with Crippen LogP contribution in [0.1, 0.15) is 6.92 Å². The van der Waals surface area contributed by atoms with Crippen molar-refractivity contribution < 1.29 is 4.74 Å². The van der Waals surface area contributed by atoms with Gasteiger partial charge in [0.15, 0.2) is 0 Å². The Bertz CT molecular complexity index is 853. The Morgan fingerprint density at radius 1 is 0.960 bits per heavy atom. The van der Waals surface area contributed by atoms with E-state index in [0.29, 0.717) is 34.1 Å². The second-order valence-corrected chi connectivity index (χ2v) is 5.86. The van der Waals surface area contributed by atoms with Crippen LogP contribution in [0.25, 0.3) is 0 Å². The maximum Gasteiger partial charge on any atom is 0.229 e. The van der Waals surface area contributed by atoms with Crippen molar-refractivity contribution in [2.45, 2.75) is 6.92 Å². The van der Waals surface area contributed by atoms with Crippen molar-refractivity contribution in [1.82, 2.24) is 9.97 Å². The monoisotopic (exact) mass is 374 g/mol. The molecule has 3 aromatic rings. The molecule has 2 N–H and O–H groups in total. The fourth-order valence-corrected chi connectivity index (χ4v) is 2.70. The van der Waals surface area contributed by atoms with Crippen LogP contribution in [0.5, 0.6) is 5.75 Å². The molecule has 0 radical (unpaired) electrons. The van der Waals surface area contributed by atoms with Crippen LogP contribution < -0.4 is 15.4 Å². The summed E-state index contributed by atoms with van der Waals surface area (Å²) in [5.41, 5.74) is 1.39. The molecule has 5 nitrogen and oxygen atoms in total. The molecule has 0 aliphatic heterocycles. The first kappa shape index (κ1) is 17.3. The van der Waals surface area contributed by atoms with Gasteiger partial charge in [-0.15, -0.1) is 0 Å². The van der Waals surface area contributed by atoms with Gasteiger partial charge in [-0.2, -0.15) is 4.98 Å². The third-order valence-corrected chi connectivity index (χ3v) is 3.93. The Labute approximate surface area is 156 Å². The number of ether oxygens (including phenoxy) is 1. The number of hydrogen-bond donors (Lipinski definition) is 2. The highest BCUT2D eigenvalue weighted by Gasteiger charge is 2.09. The minimum absolute atomic E-state index is 0.383. The number of aromatic nitrogens is 2. The number of anilines is 4. The molecule has 0 aliphatic rings. The van der Waals surface area contributed by atoms with Gasteiger partial charge in [0, 0.05) is 6.20 Å². The Kier molecular flexibility index (Phi) is 5.58. The van der Waals surface area contributed by atoms with E-state index >= 15 is 0 Å². The van der Waals surface area contributed by atoms with Crippen LogP contribution in [0.4, 0.5) is 23.1 Å². The Morgan fingerprint density at radius 3 is 2.48 bits per heavy atom. The smallest absolute Gasteiger partial charge is 0.229 e. The lowest BCUT2D eigenvalue weighted by atomic mass is 10.3. The summed E-state index contributed by atoms with van der Waals surface area (Å²) >= 11 is 12.3.